The lowest BCUT2D eigenvalue weighted by Crippen LogP contribution is -2.09. The Balaban J connectivity index is 2.30. The van der Waals surface area contributed by atoms with Gasteiger partial charge in [0.05, 0.1) is 6.20 Å². The molecule has 1 heterocycles. The van der Waals surface area contributed by atoms with Gasteiger partial charge in [-0.2, -0.15) is 0 Å². The number of ether oxygens (including phenoxy) is 2. The van der Waals surface area contributed by atoms with Crippen LogP contribution in [0.25, 0.3) is 5.69 Å². The largest absolute Gasteiger partial charge is 0.347 e. The standard InChI is InChI=1S/C13H15F2N3O2/c1-3-19-13(20-4-2)10-8-18(17-16-10)11-7-5-6-9(14)12(11)15/h5-8,13H,3-4H2,1-2H3. The molecule has 0 unspecified atom stereocenters. The minimum atomic E-state index is -0.978. The van der Waals surface area contributed by atoms with E-state index in [0.717, 1.165) is 10.7 Å². The van der Waals surface area contributed by atoms with Gasteiger partial charge in [-0.25, -0.2) is 13.5 Å². The van der Waals surface area contributed by atoms with Crippen LogP contribution in [0.5, 0.6) is 0 Å². The number of rotatable bonds is 6. The highest BCUT2D eigenvalue weighted by molar-refractivity contribution is 5.33. The third-order valence-electron chi connectivity index (χ3n) is 2.57. The predicted octanol–water partition coefficient (Wildman–Crippen LogP) is 2.62. The van der Waals surface area contributed by atoms with Crippen LogP contribution in [0.15, 0.2) is 24.4 Å². The molecule has 2 aromatic rings. The van der Waals surface area contributed by atoms with Crippen LogP contribution in [0, 0.1) is 11.6 Å². The number of halogens is 2. The lowest BCUT2D eigenvalue weighted by atomic mass is 10.3. The lowest BCUT2D eigenvalue weighted by molar-refractivity contribution is -0.142. The summed E-state index contributed by atoms with van der Waals surface area (Å²) in [5.41, 5.74) is 0.382. The molecule has 108 valence electrons. The Bertz CT molecular complexity index is 568. The molecule has 2 rings (SSSR count). The highest BCUT2D eigenvalue weighted by atomic mass is 19.2. The zero-order valence-corrected chi connectivity index (χ0v) is 11.2. The van der Waals surface area contributed by atoms with Gasteiger partial charge in [-0.1, -0.05) is 11.3 Å². The van der Waals surface area contributed by atoms with Crippen LogP contribution in [-0.4, -0.2) is 28.2 Å². The van der Waals surface area contributed by atoms with E-state index < -0.39 is 17.9 Å². The third-order valence-corrected chi connectivity index (χ3v) is 2.57. The SMILES string of the molecule is CCOC(OCC)c1cn(-c2cccc(F)c2F)nn1. The summed E-state index contributed by atoms with van der Waals surface area (Å²) in [6, 6.07) is 3.85. The van der Waals surface area contributed by atoms with Crippen molar-refractivity contribution in [2.75, 3.05) is 13.2 Å². The number of hydrogen-bond donors (Lipinski definition) is 0. The summed E-state index contributed by atoms with van der Waals surface area (Å²) in [6.45, 7) is 4.52. The second-order valence-corrected chi connectivity index (χ2v) is 3.90. The first-order valence-corrected chi connectivity index (χ1v) is 6.27. The summed E-state index contributed by atoms with van der Waals surface area (Å²) in [5.74, 6) is -1.92. The molecule has 1 aromatic heterocycles. The van der Waals surface area contributed by atoms with E-state index in [4.69, 9.17) is 9.47 Å². The molecule has 1 aromatic carbocycles. The molecule has 0 saturated heterocycles. The van der Waals surface area contributed by atoms with Crippen molar-refractivity contribution >= 4 is 0 Å². The Kier molecular flexibility index (Phi) is 4.75. The zero-order chi connectivity index (χ0) is 14.5. The van der Waals surface area contributed by atoms with Crippen LogP contribution in [0.2, 0.25) is 0 Å². The summed E-state index contributed by atoms with van der Waals surface area (Å²) in [7, 11) is 0. The monoisotopic (exact) mass is 283 g/mol. The van der Waals surface area contributed by atoms with Crippen LogP contribution >= 0.6 is 0 Å². The molecule has 0 amide bonds. The summed E-state index contributed by atoms with van der Waals surface area (Å²) in [5, 5.41) is 7.65. The molecule has 5 nitrogen and oxygen atoms in total. The van der Waals surface area contributed by atoms with E-state index in [-0.39, 0.29) is 5.69 Å². The Hall–Kier alpha value is -1.86. The van der Waals surface area contributed by atoms with Crippen molar-refractivity contribution in [3.05, 3.63) is 41.7 Å². The van der Waals surface area contributed by atoms with Gasteiger partial charge in [-0.05, 0) is 26.0 Å². The van der Waals surface area contributed by atoms with Crippen LogP contribution in [-0.2, 0) is 9.47 Å². The van der Waals surface area contributed by atoms with Crippen LogP contribution < -0.4 is 0 Å². The van der Waals surface area contributed by atoms with Gasteiger partial charge in [0.15, 0.2) is 11.6 Å². The van der Waals surface area contributed by atoms with Gasteiger partial charge in [-0.15, -0.1) is 5.10 Å². The van der Waals surface area contributed by atoms with Crippen molar-refractivity contribution < 1.29 is 18.3 Å². The van der Waals surface area contributed by atoms with Crippen molar-refractivity contribution in [3.8, 4) is 5.69 Å². The summed E-state index contributed by atoms with van der Waals surface area (Å²) < 4.78 is 38.7. The second-order valence-electron chi connectivity index (χ2n) is 3.90. The maximum Gasteiger partial charge on any atom is 0.204 e. The quantitative estimate of drug-likeness (QED) is 0.765. The Labute approximate surface area is 115 Å². The average molecular weight is 283 g/mol. The molecule has 0 aliphatic carbocycles. The fourth-order valence-electron chi connectivity index (χ4n) is 1.69. The molecule has 0 bridgehead atoms. The normalized spacial score (nSPS) is 11.2. The molecule has 0 aliphatic rings. The van der Waals surface area contributed by atoms with E-state index in [9.17, 15) is 8.78 Å². The van der Waals surface area contributed by atoms with Crippen molar-refractivity contribution in [2.24, 2.45) is 0 Å². The minimum Gasteiger partial charge on any atom is -0.347 e. The molecule has 0 saturated carbocycles. The van der Waals surface area contributed by atoms with Crippen LogP contribution in [0.3, 0.4) is 0 Å². The molecule has 0 aliphatic heterocycles. The third kappa shape index (κ3) is 3.00. The fraction of sp³-hybridized carbons (Fsp3) is 0.385. The molecule has 0 fully saturated rings. The van der Waals surface area contributed by atoms with E-state index in [0.29, 0.717) is 18.9 Å². The number of benzene rings is 1. The van der Waals surface area contributed by atoms with Crippen LogP contribution in [0.1, 0.15) is 25.8 Å². The van der Waals surface area contributed by atoms with Crippen molar-refractivity contribution in [1.29, 1.82) is 0 Å². The van der Waals surface area contributed by atoms with Gasteiger partial charge in [0.1, 0.15) is 11.4 Å². The van der Waals surface area contributed by atoms with Gasteiger partial charge in [-0.3, -0.25) is 0 Å². The average Bonchev–Trinajstić information content (AvgIpc) is 2.91. The van der Waals surface area contributed by atoms with Gasteiger partial charge in [0.25, 0.3) is 0 Å². The van der Waals surface area contributed by atoms with E-state index >= 15 is 0 Å². The Morgan fingerprint density at radius 1 is 1.20 bits per heavy atom. The number of hydrogen-bond acceptors (Lipinski definition) is 4. The molecule has 0 radical (unpaired) electrons. The van der Waals surface area contributed by atoms with Gasteiger partial charge in [0.2, 0.25) is 6.29 Å². The second kappa shape index (κ2) is 6.53. The maximum absolute atomic E-state index is 13.7. The smallest absolute Gasteiger partial charge is 0.204 e. The molecular weight excluding hydrogens is 268 g/mol. The molecule has 20 heavy (non-hydrogen) atoms. The van der Waals surface area contributed by atoms with E-state index in [1.54, 1.807) is 0 Å². The Morgan fingerprint density at radius 3 is 2.55 bits per heavy atom. The van der Waals surface area contributed by atoms with E-state index in [1.165, 1.54) is 18.3 Å². The van der Waals surface area contributed by atoms with Gasteiger partial charge >= 0.3 is 0 Å². The Morgan fingerprint density at radius 2 is 1.90 bits per heavy atom. The summed E-state index contributed by atoms with van der Waals surface area (Å²) in [4.78, 5) is 0. The molecule has 7 heteroatoms. The molecule has 0 N–H and O–H groups in total. The summed E-state index contributed by atoms with van der Waals surface area (Å²) >= 11 is 0. The predicted molar refractivity (Wildman–Crippen MR) is 67.3 cm³/mol. The van der Waals surface area contributed by atoms with Crippen molar-refractivity contribution in [1.82, 2.24) is 15.0 Å². The van der Waals surface area contributed by atoms with Crippen molar-refractivity contribution in [2.45, 2.75) is 20.1 Å². The fourth-order valence-corrected chi connectivity index (χ4v) is 1.69. The lowest BCUT2D eigenvalue weighted by Gasteiger charge is -2.13. The summed E-state index contributed by atoms with van der Waals surface area (Å²) in [6.07, 6.45) is 0.781. The zero-order valence-electron chi connectivity index (χ0n) is 11.2. The maximum atomic E-state index is 13.7. The molecular formula is C13H15F2N3O2. The molecule has 0 atom stereocenters. The first-order chi connectivity index (χ1) is 9.67. The van der Waals surface area contributed by atoms with Gasteiger partial charge in [0, 0.05) is 13.2 Å². The topological polar surface area (TPSA) is 49.2 Å². The highest BCUT2D eigenvalue weighted by Crippen LogP contribution is 2.19. The first-order valence-electron chi connectivity index (χ1n) is 6.27. The van der Waals surface area contributed by atoms with Gasteiger partial charge < -0.3 is 9.47 Å². The molecule has 0 spiro atoms. The highest BCUT2D eigenvalue weighted by Gasteiger charge is 2.18. The number of nitrogens with zero attached hydrogens (tertiary/aromatic N) is 3. The van der Waals surface area contributed by atoms with E-state index in [2.05, 4.69) is 10.3 Å². The van der Waals surface area contributed by atoms with E-state index in [1.807, 2.05) is 13.8 Å². The minimum absolute atomic E-state index is 0.0181. The van der Waals surface area contributed by atoms with Crippen LogP contribution in [0.4, 0.5) is 8.78 Å². The first kappa shape index (κ1) is 14.5. The number of aromatic nitrogens is 3. The van der Waals surface area contributed by atoms with Crippen molar-refractivity contribution in [3.63, 3.8) is 0 Å².